The Bertz CT molecular complexity index is 1690. The smallest absolute Gasteiger partial charge is 0.173 e. The lowest BCUT2D eigenvalue weighted by Gasteiger charge is -2.22. The highest BCUT2D eigenvalue weighted by Gasteiger charge is 2.32. The predicted molar refractivity (Wildman–Crippen MR) is 152 cm³/mol. The molecule has 0 aliphatic rings. The van der Waals surface area contributed by atoms with Crippen LogP contribution < -0.4 is 15.9 Å². The fraction of sp³-hybridized carbons (Fsp3) is 0. The molecule has 1 aromatic heterocycles. The van der Waals surface area contributed by atoms with Crippen LogP contribution in [0.1, 0.15) is 0 Å². The zero-order chi connectivity index (χ0) is 25.2. The predicted octanol–water partition coefficient (Wildman–Crippen LogP) is 7.35. The average molecular weight is 500 g/mol. The van der Waals surface area contributed by atoms with E-state index in [-0.39, 0.29) is 5.82 Å². The zero-order valence-electron chi connectivity index (χ0n) is 20.0. The Kier molecular flexibility index (Phi) is 6.00. The highest BCUT2D eigenvalue weighted by Crippen LogP contribution is 2.45. The molecule has 6 aromatic rings. The first kappa shape index (κ1) is 23.1. The molecule has 0 fully saturated rings. The molecule has 4 heteroatoms. The monoisotopic (exact) mass is 499 g/mol. The Morgan fingerprint density at radius 2 is 1.14 bits per heavy atom. The molecule has 37 heavy (non-hydrogen) atoms. The van der Waals surface area contributed by atoms with Crippen LogP contribution in [0, 0.1) is 5.82 Å². The fourth-order valence-electron chi connectivity index (χ4n) is 4.82. The van der Waals surface area contributed by atoms with Crippen molar-refractivity contribution in [1.82, 2.24) is 4.98 Å². The van der Waals surface area contributed by atoms with Gasteiger partial charge in [0.1, 0.15) is 5.82 Å². The highest BCUT2D eigenvalue weighted by molar-refractivity contribution is 7.85. The second-order valence-electron chi connectivity index (χ2n) is 8.88. The number of halogens is 1. The number of hydrogen-bond acceptors (Lipinski definition) is 2. The van der Waals surface area contributed by atoms with Crippen molar-refractivity contribution in [2.45, 2.75) is 0 Å². The van der Waals surface area contributed by atoms with Gasteiger partial charge in [0, 0.05) is 26.9 Å². The molecule has 0 bridgehead atoms. The van der Waals surface area contributed by atoms with Crippen LogP contribution in [0.5, 0.6) is 0 Å². The van der Waals surface area contributed by atoms with E-state index >= 15 is 4.57 Å². The molecule has 0 aliphatic carbocycles. The zero-order valence-corrected chi connectivity index (χ0v) is 20.9. The summed E-state index contributed by atoms with van der Waals surface area (Å²) in [6, 6.07) is 43.6. The molecule has 0 saturated carbocycles. The standard InChI is InChI=1S/C33H23FNOP/c34-26-21-19-25(20-22-26)31-23-30(24-11-4-1-5-12-24)29-17-10-18-32(33(29)35-31)37(36,27-13-6-2-7-14-27)28-15-8-3-9-16-28/h1-23H. The van der Waals surface area contributed by atoms with Crippen molar-refractivity contribution >= 4 is 34.0 Å². The van der Waals surface area contributed by atoms with Gasteiger partial charge in [-0.25, -0.2) is 9.37 Å². The topological polar surface area (TPSA) is 30.0 Å². The van der Waals surface area contributed by atoms with Gasteiger partial charge >= 0.3 is 0 Å². The van der Waals surface area contributed by atoms with Gasteiger partial charge in [-0.1, -0.05) is 103 Å². The number of aromatic nitrogens is 1. The Labute approximate surface area is 215 Å². The van der Waals surface area contributed by atoms with E-state index in [1.165, 1.54) is 12.1 Å². The molecule has 0 saturated heterocycles. The number of para-hydroxylation sites is 1. The van der Waals surface area contributed by atoms with Gasteiger partial charge in [-0.15, -0.1) is 0 Å². The van der Waals surface area contributed by atoms with Crippen LogP contribution in [0.2, 0.25) is 0 Å². The minimum Gasteiger partial charge on any atom is -0.309 e. The molecule has 1 heterocycles. The maximum Gasteiger partial charge on any atom is 0.173 e. The van der Waals surface area contributed by atoms with Gasteiger partial charge in [0.2, 0.25) is 0 Å². The first-order chi connectivity index (χ1) is 18.1. The quantitative estimate of drug-likeness (QED) is 0.232. The number of hydrogen-bond donors (Lipinski definition) is 0. The van der Waals surface area contributed by atoms with Crippen LogP contribution in [0.3, 0.4) is 0 Å². The van der Waals surface area contributed by atoms with Gasteiger partial charge in [-0.05, 0) is 47.5 Å². The SMILES string of the molecule is O=P(c1ccccc1)(c1ccccc1)c1cccc2c(-c3ccccc3)cc(-c3ccc(F)cc3)nc12. The summed E-state index contributed by atoms with van der Waals surface area (Å²) in [7, 11) is -3.28. The van der Waals surface area contributed by atoms with E-state index in [1.807, 2.05) is 103 Å². The van der Waals surface area contributed by atoms with Gasteiger partial charge < -0.3 is 4.57 Å². The lowest BCUT2D eigenvalue weighted by molar-refractivity contribution is 0.592. The van der Waals surface area contributed by atoms with Crippen molar-refractivity contribution in [2.24, 2.45) is 0 Å². The Hall–Kier alpha value is -4.33. The third kappa shape index (κ3) is 4.18. The summed E-state index contributed by atoms with van der Waals surface area (Å²) in [5.74, 6) is -0.300. The van der Waals surface area contributed by atoms with E-state index in [1.54, 1.807) is 12.1 Å². The van der Waals surface area contributed by atoms with E-state index < -0.39 is 7.14 Å². The van der Waals surface area contributed by atoms with Crippen LogP contribution in [-0.4, -0.2) is 4.98 Å². The molecular formula is C33H23FNOP. The molecule has 0 atom stereocenters. The summed E-state index contributed by atoms with van der Waals surface area (Å²) in [5, 5.41) is 3.11. The third-order valence-corrected chi connectivity index (χ3v) is 9.71. The Morgan fingerprint density at radius 3 is 1.73 bits per heavy atom. The van der Waals surface area contributed by atoms with Gasteiger partial charge in [-0.3, -0.25) is 0 Å². The molecule has 0 unspecified atom stereocenters. The van der Waals surface area contributed by atoms with Crippen LogP contribution >= 0.6 is 7.14 Å². The summed E-state index contributed by atoms with van der Waals surface area (Å²) in [6.07, 6.45) is 0. The van der Waals surface area contributed by atoms with Gasteiger partial charge in [0.05, 0.1) is 11.2 Å². The van der Waals surface area contributed by atoms with Crippen LogP contribution in [0.15, 0.2) is 140 Å². The van der Waals surface area contributed by atoms with E-state index in [2.05, 4.69) is 12.1 Å². The molecule has 0 amide bonds. The highest BCUT2D eigenvalue weighted by atomic mass is 31.2. The fourth-order valence-corrected chi connectivity index (χ4v) is 7.62. The van der Waals surface area contributed by atoms with Crippen molar-refractivity contribution in [2.75, 3.05) is 0 Å². The molecule has 5 aromatic carbocycles. The molecule has 0 aliphatic heterocycles. The normalized spacial score (nSPS) is 11.5. The minimum absolute atomic E-state index is 0.300. The second-order valence-corrected chi connectivity index (χ2v) is 11.6. The summed E-state index contributed by atoms with van der Waals surface area (Å²) in [4.78, 5) is 5.08. The molecular weight excluding hydrogens is 476 g/mol. The van der Waals surface area contributed by atoms with Crippen molar-refractivity contribution in [3.05, 3.63) is 145 Å². The van der Waals surface area contributed by atoms with E-state index in [0.717, 1.165) is 32.7 Å². The Balaban J connectivity index is 1.72. The number of fused-ring (bicyclic) bond motifs is 1. The Morgan fingerprint density at radius 1 is 0.568 bits per heavy atom. The molecule has 0 N–H and O–H groups in total. The van der Waals surface area contributed by atoms with Crippen molar-refractivity contribution in [3.8, 4) is 22.4 Å². The number of nitrogens with zero attached hydrogens (tertiary/aromatic N) is 1. The van der Waals surface area contributed by atoms with E-state index in [4.69, 9.17) is 4.98 Å². The maximum atomic E-state index is 15.3. The van der Waals surface area contributed by atoms with Crippen molar-refractivity contribution in [3.63, 3.8) is 0 Å². The summed E-state index contributed by atoms with van der Waals surface area (Å²) in [5.41, 5.74) is 4.19. The van der Waals surface area contributed by atoms with Crippen LogP contribution in [0.25, 0.3) is 33.3 Å². The van der Waals surface area contributed by atoms with Crippen LogP contribution in [0.4, 0.5) is 4.39 Å². The first-order valence-corrected chi connectivity index (χ1v) is 13.8. The first-order valence-electron chi connectivity index (χ1n) is 12.1. The molecule has 0 radical (unpaired) electrons. The molecule has 178 valence electrons. The minimum atomic E-state index is -3.28. The van der Waals surface area contributed by atoms with E-state index in [9.17, 15) is 4.39 Å². The largest absolute Gasteiger partial charge is 0.309 e. The lowest BCUT2D eigenvalue weighted by atomic mass is 9.98. The van der Waals surface area contributed by atoms with Crippen molar-refractivity contribution in [1.29, 1.82) is 0 Å². The van der Waals surface area contributed by atoms with Gasteiger partial charge in [-0.2, -0.15) is 0 Å². The molecule has 0 spiro atoms. The molecule has 6 rings (SSSR count). The lowest BCUT2D eigenvalue weighted by Crippen LogP contribution is -2.26. The second kappa shape index (κ2) is 9.61. The summed E-state index contributed by atoms with van der Waals surface area (Å²) in [6.45, 7) is 0. The third-order valence-electron chi connectivity index (χ3n) is 6.62. The summed E-state index contributed by atoms with van der Waals surface area (Å²) < 4.78 is 29.0. The maximum absolute atomic E-state index is 15.3. The number of benzene rings is 5. The number of rotatable bonds is 5. The van der Waals surface area contributed by atoms with Gasteiger partial charge in [0.25, 0.3) is 0 Å². The van der Waals surface area contributed by atoms with Crippen LogP contribution in [-0.2, 0) is 4.57 Å². The summed E-state index contributed by atoms with van der Waals surface area (Å²) >= 11 is 0. The van der Waals surface area contributed by atoms with Gasteiger partial charge in [0.15, 0.2) is 7.14 Å². The molecule has 2 nitrogen and oxygen atoms in total. The average Bonchev–Trinajstić information content (AvgIpc) is 2.97. The number of pyridine rings is 1. The van der Waals surface area contributed by atoms with Crippen molar-refractivity contribution < 1.29 is 8.96 Å². The van der Waals surface area contributed by atoms with E-state index in [0.29, 0.717) is 16.5 Å².